The largest absolute Gasteiger partial charge is 0.445 e. The highest BCUT2D eigenvalue weighted by molar-refractivity contribution is 5.93. The van der Waals surface area contributed by atoms with E-state index in [1.54, 1.807) is 6.92 Å². The van der Waals surface area contributed by atoms with Crippen LogP contribution in [0.15, 0.2) is 10.8 Å². The summed E-state index contributed by atoms with van der Waals surface area (Å²) in [6.45, 7) is 6.91. The molecule has 21 heavy (non-hydrogen) atoms. The summed E-state index contributed by atoms with van der Waals surface area (Å²) in [5.74, 6) is 0.256. The lowest BCUT2D eigenvalue weighted by Gasteiger charge is -2.26. The molecule has 1 saturated heterocycles. The van der Waals surface area contributed by atoms with Gasteiger partial charge in [-0.25, -0.2) is 4.98 Å². The molecule has 6 nitrogen and oxygen atoms in total. The molecule has 1 aliphatic heterocycles. The number of ether oxygens (including phenoxy) is 1. The molecule has 0 aliphatic carbocycles. The van der Waals surface area contributed by atoms with E-state index >= 15 is 0 Å². The molecule has 0 spiro atoms. The lowest BCUT2D eigenvalue weighted by atomic mass is 9.87. The number of aliphatic hydroxyl groups is 1. The summed E-state index contributed by atoms with van der Waals surface area (Å²) in [4.78, 5) is 16.3. The van der Waals surface area contributed by atoms with E-state index in [0.717, 1.165) is 12.8 Å². The van der Waals surface area contributed by atoms with Gasteiger partial charge in [-0.2, -0.15) is 0 Å². The summed E-state index contributed by atoms with van der Waals surface area (Å²) in [5.41, 5.74) is 0.118. The van der Waals surface area contributed by atoms with Crippen molar-refractivity contribution in [3.8, 4) is 0 Å². The van der Waals surface area contributed by atoms with Gasteiger partial charge in [0.15, 0.2) is 17.8 Å². The number of rotatable bonds is 6. The highest BCUT2D eigenvalue weighted by Gasteiger charge is 2.29. The van der Waals surface area contributed by atoms with E-state index in [-0.39, 0.29) is 17.4 Å². The van der Waals surface area contributed by atoms with Crippen LogP contribution in [0, 0.1) is 5.41 Å². The fourth-order valence-electron chi connectivity index (χ4n) is 2.71. The third-order valence-corrected chi connectivity index (χ3v) is 3.61. The number of aromatic nitrogens is 1. The second-order valence-corrected chi connectivity index (χ2v) is 6.47. The Kier molecular flexibility index (Phi) is 5.00. The fraction of sp³-hybridized carbons (Fsp3) is 0.733. The average Bonchev–Trinajstić information content (AvgIpc) is 3.04. The molecule has 2 unspecified atom stereocenters. The fourth-order valence-corrected chi connectivity index (χ4v) is 2.71. The third kappa shape index (κ3) is 4.28. The summed E-state index contributed by atoms with van der Waals surface area (Å²) in [7, 11) is 0. The van der Waals surface area contributed by atoms with Crippen molar-refractivity contribution in [2.45, 2.75) is 52.2 Å². The summed E-state index contributed by atoms with van der Waals surface area (Å²) in [6.07, 6.45) is 3.15. The summed E-state index contributed by atoms with van der Waals surface area (Å²) in [5, 5.41) is 12.3. The predicted octanol–water partition coefficient (Wildman–Crippen LogP) is 2.05. The molecular formula is C15H24N2O4. The van der Waals surface area contributed by atoms with Crippen molar-refractivity contribution in [3.63, 3.8) is 0 Å². The van der Waals surface area contributed by atoms with Crippen LogP contribution >= 0.6 is 0 Å². The monoisotopic (exact) mass is 296 g/mol. The van der Waals surface area contributed by atoms with Crippen molar-refractivity contribution in [1.29, 1.82) is 0 Å². The SMILES string of the molecule is CC(O)CC(C)(C)CNC(=O)c1ncoc1C1CCCO1. The molecule has 1 aromatic heterocycles. The number of nitrogens with one attached hydrogen (secondary N) is 1. The molecule has 2 heterocycles. The maximum atomic E-state index is 12.3. The zero-order chi connectivity index (χ0) is 15.5. The summed E-state index contributed by atoms with van der Waals surface area (Å²) < 4.78 is 10.9. The Morgan fingerprint density at radius 3 is 3.00 bits per heavy atom. The molecule has 1 fully saturated rings. The Balaban J connectivity index is 1.96. The second-order valence-electron chi connectivity index (χ2n) is 6.47. The minimum Gasteiger partial charge on any atom is -0.445 e. The van der Waals surface area contributed by atoms with Gasteiger partial charge in [0.05, 0.1) is 6.10 Å². The number of nitrogens with zero attached hydrogens (tertiary/aromatic N) is 1. The van der Waals surface area contributed by atoms with Gasteiger partial charge in [0.25, 0.3) is 5.91 Å². The minimum absolute atomic E-state index is 0.168. The number of oxazole rings is 1. The van der Waals surface area contributed by atoms with Gasteiger partial charge in [0.2, 0.25) is 0 Å². The Morgan fingerprint density at radius 1 is 1.62 bits per heavy atom. The first kappa shape index (κ1) is 16.0. The van der Waals surface area contributed by atoms with Crippen LogP contribution in [0.25, 0.3) is 0 Å². The minimum atomic E-state index is -0.397. The number of hydrogen-bond donors (Lipinski definition) is 2. The van der Waals surface area contributed by atoms with Crippen LogP contribution in [0.3, 0.4) is 0 Å². The van der Waals surface area contributed by atoms with Gasteiger partial charge in [-0.3, -0.25) is 4.79 Å². The Morgan fingerprint density at radius 2 is 2.38 bits per heavy atom. The van der Waals surface area contributed by atoms with Crippen LogP contribution < -0.4 is 5.32 Å². The molecule has 1 amide bonds. The first-order chi connectivity index (χ1) is 9.89. The normalized spacial score (nSPS) is 20.5. The van der Waals surface area contributed by atoms with Gasteiger partial charge in [-0.15, -0.1) is 0 Å². The van der Waals surface area contributed by atoms with Crippen molar-refractivity contribution in [2.24, 2.45) is 5.41 Å². The standard InChI is InChI=1S/C15H24N2O4/c1-10(18)7-15(2,3)8-16-14(19)12-13(21-9-17-12)11-5-4-6-20-11/h9-11,18H,4-8H2,1-3H3,(H,16,19). The Labute approximate surface area is 124 Å². The average molecular weight is 296 g/mol. The van der Waals surface area contributed by atoms with Gasteiger partial charge >= 0.3 is 0 Å². The first-order valence-electron chi connectivity index (χ1n) is 7.40. The van der Waals surface area contributed by atoms with E-state index < -0.39 is 6.10 Å². The number of aliphatic hydroxyl groups excluding tert-OH is 1. The smallest absolute Gasteiger partial charge is 0.273 e. The highest BCUT2D eigenvalue weighted by Crippen LogP contribution is 2.30. The lowest BCUT2D eigenvalue weighted by molar-refractivity contribution is 0.0836. The summed E-state index contributed by atoms with van der Waals surface area (Å²) in [6, 6.07) is 0. The molecular weight excluding hydrogens is 272 g/mol. The molecule has 2 atom stereocenters. The number of carbonyl (C=O) groups is 1. The summed E-state index contributed by atoms with van der Waals surface area (Å²) >= 11 is 0. The number of amides is 1. The molecule has 0 bridgehead atoms. The maximum Gasteiger partial charge on any atom is 0.273 e. The van der Waals surface area contributed by atoms with Crippen molar-refractivity contribution >= 4 is 5.91 Å². The zero-order valence-electron chi connectivity index (χ0n) is 12.9. The van der Waals surface area contributed by atoms with Crippen molar-refractivity contribution in [3.05, 3.63) is 17.8 Å². The van der Waals surface area contributed by atoms with Crippen molar-refractivity contribution < 1.29 is 19.1 Å². The van der Waals surface area contributed by atoms with E-state index in [4.69, 9.17) is 9.15 Å². The molecule has 0 aromatic carbocycles. The zero-order valence-corrected chi connectivity index (χ0v) is 12.9. The van der Waals surface area contributed by atoms with Crippen LogP contribution in [0.4, 0.5) is 0 Å². The molecule has 0 radical (unpaired) electrons. The van der Waals surface area contributed by atoms with Gasteiger partial charge in [0, 0.05) is 13.2 Å². The van der Waals surface area contributed by atoms with E-state index in [0.29, 0.717) is 31.0 Å². The number of carbonyl (C=O) groups excluding carboxylic acids is 1. The lowest BCUT2D eigenvalue weighted by Crippen LogP contribution is -2.36. The van der Waals surface area contributed by atoms with Crippen molar-refractivity contribution in [2.75, 3.05) is 13.2 Å². The third-order valence-electron chi connectivity index (χ3n) is 3.61. The second kappa shape index (κ2) is 6.58. The molecule has 1 aliphatic rings. The van der Waals surface area contributed by atoms with Crippen LogP contribution in [-0.4, -0.2) is 35.3 Å². The van der Waals surface area contributed by atoms with E-state index in [2.05, 4.69) is 10.3 Å². The van der Waals surface area contributed by atoms with Gasteiger partial charge < -0.3 is 19.6 Å². The Hall–Kier alpha value is -1.40. The molecule has 1 aromatic rings. The van der Waals surface area contributed by atoms with E-state index in [1.165, 1.54) is 6.39 Å². The quantitative estimate of drug-likeness (QED) is 0.839. The maximum absolute atomic E-state index is 12.3. The molecule has 2 rings (SSSR count). The molecule has 6 heteroatoms. The predicted molar refractivity (Wildman–Crippen MR) is 76.8 cm³/mol. The van der Waals surface area contributed by atoms with E-state index in [9.17, 15) is 9.90 Å². The van der Waals surface area contributed by atoms with Crippen LogP contribution in [0.2, 0.25) is 0 Å². The van der Waals surface area contributed by atoms with Gasteiger partial charge in [-0.1, -0.05) is 13.8 Å². The first-order valence-corrected chi connectivity index (χ1v) is 7.40. The topological polar surface area (TPSA) is 84.6 Å². The highest BCUT2D eigenvalue weighted by atomic mass is 16.5. The van der Waals surface area contributed by atoms with Gasteiger partial charge in [0.1, 0.15) is 6.10 Å². The molecule has 118 valence electrons. The van der Waals surface area contributed by atoms with Crippen LogP contribution in [0.5, 0.6) is 0 Å². The molecule has 2 N–H and O–H groups in total. The van der Waals surface area contributed by atoms with E-state index in [1.807, 2.05) is 13.8 Å². The number of hydrogen-bond acceptors (Lipinski definition) is 5. The Bertz CT molecular complexity index is 476. The molecule has 0 saturated carbocycles. The van der Waals surface area contributed by atoms with Gasteiger partial charge in [-0.05, 0) is 31.6 Å². The van der Waals surface area contributed by atoms with Crippen LogP contribution in [0.1, 0.15) is 62.4 Å². The van der Waals surface area contributed by atoms with Crippen LogP contribution in [-0.2, 0) is 4.74 Å². The van der Waals surface area contributed by atoms with Crippen molar-refractivity contribution in [1.82, 2.24) is 10.3 Å².